The van der Waals surface area contributed by atoms with Crippen LogP contribution in [0.5, 0.6) is 0 Å². The highest BCUT2D eigenvalue weighted by Crippen LogP contribution is 2.32. The molecule has 8 nitrogen and oxygen atoms in total. The number of benzene rings is 1. The average Bonchev–Trinajstić information content (AvgIpc) is 3.65. The summed E-state index contributed by atoms with van der Waals surface area (Å²) >= 11 is 1.45. The minimum atomic E-state index is -0.180. The molecule has 1 aromatic carbocycles. The zero-order valence-electron chi connectivity index (χ0n) is 20.9. The van der Waals surface area contributed by atoms with Crippen LogP contribution in [-0.4, -0.2) is 81.3 Å². The molecule has 2 aromatic heterocycles. The summed E-state index contributed by atoms with van der Waals surface area (Å²) < 4.78 is 1.87. The van der Waals surface area contributed by atoms with Gasteiger partial charge in [-0.15, -0.1) is 0 Å². The van der Waals surface area contributed by atoms with Gasteiger partial charge in [-0.2, -0.15) is 10.1 Å². The molecule has 186 valence electrons. The fraction of sp³-hybridized carbons (Fsp3) is 0.407. The van der Waals surface area contributed by atoms with Crippen LogP contribution in [0, 0.1) is 6.92 Å². The van der Waals surface area contributed by atoms with Crippen molar-refractivity contribution in [2.75, 3.05) is 50.7 Å². The largest absolute Gasteiger partial charge is 0.369 e. The maximum Gasteiger partial charge on any atom is 0.286 e. The Kier molecular flexibility index (Phi) is 6.27. The van der Waals surface area contributed by atoms with Gasteiger partial charge in [-0.3, -0.25) is 4.79 Å². The number of hydrogen-bond acceptors (Lipinski definition) is 7. The quantitative estimate of drug-likeness (QED) is 0.502. The Morgan fingerprint density at radius 3 is 2.56 bits per heavy atom. The zero-order valence-corrected chi connectivity index (χ0v) is 21.7. The Hall–Kier alpha value is -3.17. The van der Waals surface area contributed by atoms with Crippen LogP contribution in [0.3, 0.4) is 0 Å². The summed E-state index contributed by atoms with van der Waals surface area (Å²) in [7, 11) is 0. The molecular formula is C27H31N7OS. The van der Waals surface area contributed by atoms with E-state index in [1.807, 2.05) is 28.9 Å². The van der Waals surface area contributed by atoms with Crippen molar-refractivity contribution >= 4 is 40.2 Å². The Labute approximate surface area is 215 Å². The summed E-state index contributed by atoms with van der Waals surface area (Å²) in [6.45, 7) is 11.8. The monoisotopic (exact) mass is 501 g/mol. The van der Waals surface area contributed by atoms with E-state index in [9.17, 15) is 4.79 Å². The molecule has 9 heteroatoms. The first kappa shape index (κ1) is 23.2. The van der Waals surface area contributed by atoms with Gasteiger partial charge in [-0.1, -0.05) is 13.0 Å². The second kappa shape index (κ2) is 9.71. The highest BCUT2D eigenvalue weighted by Gasteiger charge is 2.28. The molecule has 0 saturated carbocycles. The molecule has 3 aromatic rings. The predicted octanol–water partition coefficient (Wildman–Crippen LogP) is 3.91. The molecule has 3 aliphatic rings. The van der Waals surface area contributed by atoms with Crippen LogP contribution in [-0.2, 0) is 4.79 Å². The first-order chi connectivity index (χ1) is 17.6. The first-order valence-electron chi connectivity index (χ1n) is 12.8. The number of likely N-dealkylation sites (N-methyl/N-ethyl adjacent to an activating group) is 1. The molecule has 6 rings (SSSR count). The second-order valence-corrected chi connectivity index (χ2v) is 10.6. The number of imidazole rings is 1. The summed E-state index contributed by atoms with van der Waals surface area (Å²) in [5.74, 6) is -0.180. The van der Waals surface area contributed by atoms with Gasteiger partial charge < -0.3 is 14.7 Å². The Bertz CT molecular complexity index is 1360. The van der Waals surface area contributed by atoms with E-state index in [0.717, 1.165) is 86.4 Å². The fourth-order valence-electron chi connectivity index (χ4n) is 5.21. The lowest BCUT2D eigenvalue weighted by Crippen LogP contribution is -2.46. The number of carbonyl (C=O) groups excluding carboxylic acids is 1. The standard InChI is InChI=1S/C27H31N7OS/c1-3-31-12-14-32(15-13-31)22-8-6-20(16-19(22)2)23-18-28-25-9-7-21(30-34(23)25)17-24-26(35)29-27(36-24)33-10-4-5-11-33/h6-9,16-18H,3-5,10-15H2,1-2H3/b24-17-. The molecule has 3 aliphatic heterocycles. The lowest BCUT2D eigenvalue weighted by molar-refractivity contribution is -0.113. The number of rotatable bonds is 4. The number of nitrogens with zero attached hydrogens (tertiary/aromatic N) is 7. The van der Waals surface area contributed by atoms with Crippen LogP contribution in [0.4, 0.5) is 5.69 Å². The number of thioether (sulfide) groups is 1. The minimum Gasteiger partial charge on any atom is -0.369 e. The topological polar surface area (TPSA) is 69.3 Å². The molecule has 2 fully saturated rings. The third-order valence-corrected chi connectivity index (χ3v) is 8.34. The average molecular weight is 502 g/mol. The van der Waals surface area contributed by atoms with Crippen molar-refractivity contribution in [2.45, 2.75) is 26.7 Å². The van der Waals surface area contributed by atoms with E-state index in [-0.39, 0.29) is 5.91 Å². The number of anilines is 1. The fourth-order valence-corrected chi connectivity index (χ4v) is 6.16. The van der Waals surface area contributed by atoms with E-state index in [4.69, 9.17) is 5.10 Å². The van der Waals surface area contributed by atoms with Crippen molar-refractivity contribution in [3.8, 4) is 11.3 Å². The van der Waals surface area contributed by atoms with Crippen LogP contribution in [0.2, 0.25) is 0 Å². The van der Waals surface area contributed by atoms with E-state index in [1.54, 1.807) is 0 Å². The van der Waals surface area contributed by atoms with Gasteiger partial charge in [-0.25, -0.2) is 9.50 Å². The van der Waals surface area contributed by atoms with Gasteiger partial charge in [0.2, 0.25) is 0 Å². The van der Waals surface area contributed by atoms with Crippen molar-refractivity contribution in [3.63, 3.8) is 0 Å². The molecule has 0 spiro atoms. The van der Waals surface area contributed by atoms with Gasteiger partial charge in [0.1, 0.15) is 0 Å². The number of carbonyl (C=O) groups is 1. The summed E-state index contributed by atoms with van der Waals surface area (Å²) in [6, 6.07) is 10.5. The summed E-state index contributed by atoms with van der Waals surface area (Å²) in [5.41, 5.74) is 6.08. The number of fused-ring (bicyclic) bond motifs is 1. The SMILES string of the molecule is CCN1CCN(c2ccc(-c3cnc4ccc(/C=C5\SC(N6CCCC6)=NC5=O)nn34)cc2C)CC1. The molecule has 0 unspecified atom stereocenters. The maximum atomic E-state index is 12.5. The summed E-state index contributed by atoms with van der Waals surface area (Å²) in [4.78, 5) is 29.2. The Morgan fingerprint density at radius 1 is 1.00 bits per heavy atom. The van der Waals surface area contributed by atoms with Crippen molar-refractivity contribution in [2.24, 2.45) is 4.99 Å². The summed E-state index contributed by atoms with van der Waals surface area (Å²) in [6.07, 6.45) is 6.03. The number of likely N-dealkylation sites (tertiary alicyclic amines) is 1. The number of aromatic nitrogens is 3. The molecule has 1 amide bonds. The van der Waals surface area contributed by atoms with Gasteiger partial charge in [-0.05, 0) is 74.0 Å². The normalized spacial score (nSPS) is 20.2. The van der Waals surface area contributed by atoms with E-state index in [1.165, 1.54) is 23.0 Å². The molecule has 0 radical (unpaired) electrons. The molecule has 0 N–H and O–H groups in total. The third kappa shape index (κ3) is 4.41. The minimum absolute atomic E-state index is 0.180. The number of piperazine rings is 1. The van der Waals surface area contributed by atoms with E-state index >= 15 is 0 Å². The molecule has 0 atom stereocenters. The number of aliphatic imine (C=N–C) groups is 1. The van der Waals surface area contributed by atoms with Crippen LogP contribution < -0.4 is 4.90 Å². The number of aryl methyl sites for hydroxylation is 1. The molecule has 2 saturated heterocycles. The van der Waals surface area contributed by atoms with Gasteiger partial charge in [0.05, 0.1) is 22.5 Å². The van der Waals surface area contributed by atoms with Crippen molar-refractivity contribution in [3.05, 3.63) is 52.7 Å². The van der Waals surface area contributed by atoms with Gasteiger partial charge in [0.25, 0.3) is 5.91 Å². The van der Waals surface area contributed by atoms with Crippen LogP contribution >= 0.6 is 11.8 Å². The predicted molar refractivity (Wildman–Crippen MR) is 146 cm³/mol. The van der Waals surface area contributed by atoms with Gasteiger partial charge >= 0.3 is 0 Å². The van der Waals surface area contributed by atoms with E-state index in [0.29, 0.717) is 4.91 Å². The number of amides is 1. The molecule has 0 bridgehead atoms. The van der Waals surface area contributed by atoms with E-state index < -0.39 is 0 Å². The summed E-state index contributed by atoms with van der Waals surface area (Å²) in [5, 5.41) is 5.64. The Morgan fingerprint density at radius 2 is 1.81 bits per heavy atom. The van der Waals surface area contributed by atoms with Crippen LogP contribution in [0.25, 0.3) is 23.0 Å². The lowest BCUT2D eigenvalue weighted by atomic mass is 10.1. The van der Waals surface area contributed by atoms with Crippen molar-refractivity contribution < 1.29 is 4.79 Å². The molecular weight excluding hydrogens is 470 g/mol. The smallest absolute Gasteiger partial charge is 0.286 e. The second-order valence-electron chi connectivity index (χ2n) is 9.60. The van der Waals surface area contributed by atoms with E-state index in [2.05, 4.69) is 56.7 Å². The van der Waals surface area contributed by atoms with Gasteiger partial charge in [0, 0.05) is 50.5 Å². The maximum absolute atomic E-state index is 12.5. The first-order valence-corrected chi connectivity index (χ1v) is 13.6. The van der Waals surface area contributed by atoms with Crippen LogP contribution in [0.15, 0.2) is 46.4 Å². The third-order valence-electron chi connectivity index (χ3n) is 7.30. The van der Waals surface area contributed by atoms with Crippen molar-refractivity contribution in [1.29, 1.82) is 0 Å². The molecule has 0 aliphatic carbocycles. The lowest BCUT2D eigenvalue weighted by Gasteiger charge is -2.36. The number of amidine groups is 1. The van der Waals surface area contributed by atoms with Crippen molar-refractivity contribution in [1.82, 2.24) is 24.4 Å². The zero-order chi connectivity index (χ0) is 24.6. The molecule has 36 heavy (non-hydrogen) atoms. The van der Waals surface area contributed by atoms with Crippen LogP contribution in [0.1, 0.15) is 31.0 Å². The van der Waals surface area contributed by atoms with Gasteiger partial charge in [0.15, 0.2) is 10.8 Å². The number of hydrogen-bond donors (Lipinski definition) is 0. The Balaban J connectivity index is 1.25. The highest BCUT2D eigenvalue weighted by atomic mass is 32.2. The highest BCUT2D eigenvalue weighted by molar-refractivity contribution is 8.18. The molecule has 5 heterocycles.